The van der Waals surface area contributed by atoms with E-state index in [4.69, 9.17) is 4.74 Å². The molecule has 0 aliphatic rings. The van der Waals surface area contributed by atoms with Crippen molar-refractivity contribution < 1.29 is 9.53 Å². The Morgan fingerprint density at radius 1 is 1.57 bits per heavy atom. The second-order valence-corrected chi connectivity index (χ2v) is 4.72. The molecule has 0 fully saturated rings. The van der Waals surface area contributed by atoms with Crippen molar-refractivity contribution >= 4 is 34.3 Å². The Hall–Kier alpha value is -0.480. The van der Waals surface area contributed by atoms with E-state index in [-0.39, 0.29) is 10.6 Å². The van der Waals surface area contributed by atoms with Crippen LogP contribution in [0.15, 0.2) is 23.1 Å². The summed E-state index contributed by atoms with van der Waals surface area (Å²) in [6.45, 7) is 1.80. The quantitative estimate of drug-likeness (QED) is 0.521. The molecule has 2 nitrogen and oxygen atoms in total. The zero-order chi connectivity index (χ0) is 10.7. The average molecular weight is 275 g/mol. The Morgan fingerprint density at radius 2 is 2.21 bits per heavy atom. The van der Waals surface area contributed by atoms with Gasteiger partial charge in [0.15, 0.2) is 5.78 Å². The minimum Gasteiger partial charge on any atom is -0.496 e. The zero-order valence-corrected chi connectivity index (χ0v) is 10.4. The lowest BCUT2D eigenvalue weighted by Crippen LogP contribution is -2.09. The van der Waals surface area contributed by atoms with E-state index in [9.17, 15) is 4.79 Å². The Labute approximate surface area is 97.2 Å². The number of ether oxygens (including phenoxy) is 1. The van der Waals surface area contributed by atoms with Gasteiger partial charge in [0.05, 0.1) is 11.9 Å². The van der Waals surface area contributed by atoms with Crippen molar-refractivity contribution in [1.82, 2.24) is 0 Å². The SMILES string of the molecule is COc1cc(C(=O)C(C)Br)ccc1S. The predicted molar refractivity (Wildman–Crippen MR) is 63.0 cm³/mol. The summed E-state index contributed by atoms with van der Waals surface area (Å²) in [7, 11) is 1.56. The molecule has 0 bridgehead atoms. The Bertz CT molecular complexity index is 350. The first-order valence-corrected chi connectivity index (χ1v) is 5.48. The van der Waals surface area contributed by atoms with E-state index in [0.717, 1.165) is 4.90 Å². The molecule has 76 valence electrons. The molecule has 1 aromatic carbocycles. The Balaban J connectivity index is 3.06. The van der Waals surface area contributed by atoms with Gasteiger partial charge in [-0.15, -0.1) is 12.6 Å². The van der Waals surface area contributed by atoms with Crippen molar-refractivity contribution in [2.75, 3.05) is 7.11 Å². The fourth-order valence-electron chi connectivity index (χ4n) is 1.06. The number of alkyl halides is 1. The fourth-order valence-corrected chi connectivity index (χ4v) is 1.56. The molecule has 1 atom stereocenters. The van der Waals surface area contributed by atoms with E-state index in [2.05, 4.69) is 28.6 Å². The molecule has 0 spiro atoms. The summed E-state index contributed by atoms with van der Waals surface area (Å²) in [6, 6.07) is 5.19. The third-order valence-electron chi connectivity index (χ3n) is 1.83. The molecular weight excluding hydrogens is 264 g/mol. The van der Waals surface area contributed by atoms with Crippen molar-refractivity contribution in [3.8, 4) is 5.75 Å². The largest absolute Gasteiger partial charge is 0.496 e. The van der Waals surface area contributed by atoms with Gasteiger partial charge in [0.1, 0.15) is 5.75 Å². The molecule has 0 radical (unpaired) electrons. The zero-order valence-electron chi connectivity index (χ0n) is 7.95. The summed E-state index contributed by atoms with van der Waals surface area (Å²) in [5.74, 6) is 0.656. The first-order valence-electron chi connectivity index (χ1n) is 4.11. The lowest BCUT2D eigenvalue weighted by Gasteiger charge is -2.07. The van der Waals surface area contributed by atoms with Crippen LogP contribution in [0.3, 0.4) is 0 Å². The van der Waals surface area contributed by atoms with Crippen molar-refractivity contribution in [3.63, 3.8) is 0 Å². The second kappa shape index (κ2) is 4.84. The van der Waals surface area contributed by atoms with Crippen LogP contribution in [0.25, 0.3) is 0 Å². The molecule has 0 aromatic heterocycles. The average Bonchev–Trinajstić information content (AvgIpc) is 2.17. The van der Waals surface area contributed by atoms with E-state index < -0.39 is 0 Å². The van der Waals surface area contributed by atoms with Crippen LogP contribution in [-0.4, -0.2) is 17.7 Å². The van der Waals surface area contributed by atoms with Crippen LogP contribution in [0.4, 0.5) is 0 Å². The number of halogens is 1. The van der Waals surface area contributed by atoms with Crippen LogP contribution in [0.5, 0.6) is 5.75 Å². The second-order valence-electron chi connectivity index (χ2n) is 2.87. The van der Waals surface area contributed by atoms with Gasteiger partial charge in [0.25, 0.3) is 0 Å². The highest BCUT2D eigenvalue weighted by molar-refractivity contribution is 9.10. The number of hydrogen-bond acceptors (Lipinski definition) is 3. The molecule has 1 rings (SSSR count). The number of thiol groups is 1. The first-order chi connectivity index (χ1) is 6.56. The Kier molecular flexibility index (Phi) is 4.01. The summed E-state index contributed by atoms with van der Waals surface area (Å²) in [6.07, 6.45) is 0. The van der Waals surface area contributed by atoms with E-state index in [1.54, 1.807) is 32.2 Å². The highest BCUT2D eigenvalue weighted by Crippen LogP contribution is 2.24. The maximum absolute atomic E-state index is 11.6. The van der Waals surface area contributed by atoms with Crippen LogP contribution in [-0.2, 0) is 0 Å². The van der Waals surface area contributed by atoms with Crippen molar-refractivity contribution in [2.45, 2.75) is 16.6 Å². The molecule has 0 saturated carbocycles. The molecule has 0 heterocycles. The normalized spacial score (nSPS) is 12.3. The minimum atomic E-state index is -0.182. The number of methoxy groups -OCH3 is 1. The van der Waals surface area contributed by atoms with E-state index in [1.807, 2.05) is 0 Å². The molecule has 4 heteroatoms. The van der Waals surface area contributed by atoms with Crippen molar-refractivity contribution in [3.05, 3.63) is 23.8 Å². The number of ketones is 1. The molecule has 0 aliphatic carbocycles. The maximum Gasteiger partial charge on any atom is 0.176 e. The number of carbonyl (C=O) groups is 1. The minimum absolute atomic E-state index is 0.0385. The van der Waals surface area contributed by atoms with Gasteiger partial charge in [0, 0.05) is 10.5 Å². The van der Waals surface area contributed by atoms with Gasteiger partial charge in [-0.25, -0.2) is 0 Å². The summed E-state index contributed by atoms with van der Waals surface area (Å²) in [5, 5.41) is 0. The number of hydrogen-bond donors (Lipinski definition) is 1. The van der Waals surface area contributed by atoms with Crippen LogP contribution in [0.2, 0.25) is 0 Å². The summed E-state index contributed by atoms with van der Waals surface area (Å²) < 4.78 is 5.07. The standard InChI is InChI=1S/C10H11BrO2S/c1-6(11)10(12)7-3-4-9(14)8(5-7)13-2/h3-6,14H,1-2H3. The Morgan fingerprint density at radius 3 is 2.71 bits per heavy atom. The molecule has 0 aliphatic heterocycles. The number of Topliss-reactive ketones (excluding diaryl/α,β-unsaturated/α-hetero) is 1. The van der Waals surface area contributed by atoms with Crippen molar-refractivity contribution in [2.24, 2.45) is 0 Å². The maximum atomic E-state index is 11.6. The summed E-state index contributed by atoms with van der Waals surface area (Å²) in [5.41, 5.74) is 0.629. The van der Waals surface area contributed by atoms with Gasteiger partial charge in [-0.3, -0.25) is 4.79 Å². The molecule has 0 saturated heterocycles. The number of carbonyl (C=O) groups excluding carboxylic acids is 1. The van der Waals surface area contributed by atoms with Gasteiger partial charge in [-0.05, 0) is 25.1 Å². The molecule has 1 aromatic rings. The molecule has 0 N–H and O–H groups in total. The van der Waals surface area contributed by atoms with Crippen molar-refractivity contribution in [1.29, 1.82) is 0 Å². The molecular formula is C10H11BrO2S. The van der Waals surface area contributed by atoms with Crippen LogP contribution < -0.4 is 4.74 Å². The first kappa shape index (κ1) is 11.6. The fraction of sp³-hybridized carbons (Fsp3) is 0.300. The van der Waals surface area contributed by atoms with Crippen LogP contribution >= 0.6 is 28.6 Å². The van der Waals surface area contributed by atoms with E-state index in [1.165, 1.54) is 0 Å². The van der Waals surface area contributed by atoms with Gasteiger partial charge in [-0.1, -0.05) is 15.9 Å². The highest BCUT2D eigenvalue weighted by Gasteiger charge is 2.13. The monoisotopic (exact) mass is 274 g/mol. The third kappa shape index (κ3) is 2.51. The number of rotatable bonds is 3. The molecule has 1 unspecified atom stereocenters. The molecule has 0 amide bonds. The summed E-state index contributed by atoms with van der Waals surface area (Å²) >= 11 is 7.43. The van der Waals surface area contributed by atoms with Crippen LogP contribution in [0, 0.1) is 0 Å². The van der Waals surface area contributed by atoms with Gasteiger partial charge in [-0.2, -0.15) is 0 Å². The van der Waals surface area contributed by atoms with E-state index in [0.29, 0.717) is 11.3 Å². The van der Waals surface area contributed by atoms with Crippen LogP contribution in [0.1, 0.15) is 17.3 Å². The van der Waals surface area contributed by atoms with Gasteiger partial charge in [0.2, 0.25) is 0 Å². The lowest BCUT2D eigenvalue weighted by atomic mass is 10.1. The lowest BCUT2D eigenvalue weighted by molar-refractivity contribution is 0.0995. The highest BCUT2D eigenvalue weighted by atomic mass is 79.9. The topological polar surface area (TPSA) is 26.3 Å². The molecule has 14 heavy (non-hydrogen) atoms. The summed E-state index contributed by atoms with van der Waals surface area (Å²) in [4.78, 5) is 12.1. The smallest absolute Gasteiger partial charge is 0.176 e. The van der Waals surface area contributed by atoms with Gasteiger partial charge >= 0.3 is 0 Å². The third-order valence-corrected chi connectivity index (χ3v) is 2.61. The number of benzene rings is 1. The predicted octanol–water partition coefficient (Wildman–Crippen LogP) is 2.95. The van der Waals surface area contributed by atoms with Gasteiger partial charge < -0.3 is 4.74 Å². The van der Waals surface area contributed by atoms with E-state index >= 15 is 0 Å².